The van der Waals surface area contributed by atoms with Gasteiger partial charge in [-0.1, -0.05) is 6.92 Å². The zero-order valence-electron chi connectivity index (χ0n) is 6.82. The molecule has 0 saturated heterocycles. The van der Waals surface area contributed by atoms with Crippen LogP contribution in [0.4, 0.5) is 0 Å². The lowest BCUT2D eigenvalue weighted by molar-refractivity contribution is -0.146. The van der Waals surface area contributed by atoms with E-state index in [0.29, 0.717) is 12.8 Å². The molecule has 0 saturated carbocycles. The van der Waals surface area contributed by atoms with E-state index in [-0.39, 0.29) is 6.61 Å². The lowest BCUT2D eigenvalue weighted by Crippen LogP contribution is -2.16. The molecule has 0 heterocycles. The van der Waals surface area contributed by atoms with Gasteiger partial charge in [-0.3, -0.25) is 4.79 Å². The van der Waals surface area contributed by atoms with Crippen molar-refractivity contribution in [2.45, 2.75) is 26.0 Å². The molecule has 0 rings (SSSR count). The number of esters is 1. The smallest absolute Gasteiger partial charge is 0.305 e. The van der Waals surface area contributed by atoms with Crippen LogP contribution in [0.5, 0.6) is 0 Å². The van der Waals surface area contributed by atoms with E-state index in [1.807, 2.05) is 6.92 Å². The minimum Gasteiger partial charge on any atom is -0.461 e. The normalized spacial score (nSPS) is 11.5. The minimum absolute atomic E-state index is 0.284. The molecule has 0 aliphatic carbocycles. The molecule has 0 aromatic rings. The van der Waals surface area contributed by atoms with Gasteiger partial charge in [-0.15, -0.1) is 0 Å². The number of hydrogen-bond donors (Lipinski definition) is 1. The van der Waals surface area contributed by atoms with Crippen molar-refractivity contribution in [2.24, 2.45) is 4.99 Å². The van der Waals surface area contributed by atoms with Crippen LogP contribution in [-0.4, -0.2) is 30.0 Å². The fourth-order valence-electron chi connectivity index (χ4n) is 0.542. The van der Waals surface area contributed by atoms with Gasteiger partial charge in [0.25, 0.3) is 0 Å². The van der Waals surface area contributed by atoms with Gasteiger partial charge in [0.1, 0.15) is 6.61 Å². The molecule has 12 heavy (non-hydrogen) atoms. The van der Waals surface area contributed by atoms with Crippen molar-refractivity contribution in [3.8, 4) is 0 Å². The first-order valence-corrected chi connectivity index (χ1v) is 3.61. The van der Waals surface area contributed by atoms with E-state index in [4.69, 9.17) is 5.11 Å². The second kappa shape index (κ2) is 6.52. The highest BCUT2D eigenvalue weighted by molar-refractivity contribution is 5.69. The van der Waals surface area contributed by atoms with Crippen molar-refractivity contribution in [2.75, 3.05) is 6.61 Å². The Labute approximate surface area is 70.1 Å². The summed E-state index contributed by atoms with van der Waals surface area (Å²) in [7, 11) is 0. The zero-order valence-corrected chi connectivity index (χ0v) is 6.82. The highest BCUT2D eigenvalue weighted by atomic mass is 16.5. The molecular formula is C7H11NO4. The van der Waals surface area contributed by atoms with Gasteiger partial charge in [-0.2, -0.15) is 4.99 Å². The first-order chi connectivity index (χ1) is 5.70. The Morgan fingerprint density at radius 2 is 2.42 bits per heavy atom. The number of carbonyl (C=O) groups excluding carboxylic acids is 2. The van der Waals surface area contributed by atoms with Crippen molar-refractivity contribution in [3.63, 3.8) is 0 Å². The lowest BCUT2D eigenvalue weighted by atomic mass is 10.3. The molecular weight excluding hydrogens is 162 g/mol. The van der Waals surface area contributed by atoms with Crippen LogP contribution >= 0.6 is 0 Å². The molecule has 0 spiro atoms. The Hall–Kier alpha value is -1.19. The second-order valence-corrected chi connectivity index (χ2v) is 2.13. The molecule has 0 fully saturated rings. The molecule has 1 atom stereocenters. The van der Waals surface area contributed by atoms with E-state index in [1.165, 1.54) is 0 Å². The third-order valence-corrected chi connectivity index (χ3v) is 1.05. The van der Waals surface area contributed by atoms with E-state index in [0.717, 1.165) is 6.08 Å². The van der Waals surface area contributed by atoms with E-state index >= 15 is 0 Å². The van der Waals surface area contributed by atoms with E-state index in [2.05, 4.69) is 9.73 Å². The molecule has 5 nitrogen and oxygen atoms in total. The lowest BCUT2D eigenvalue weighted by Gasteiger charge is -2.04. The van der Waals surface area contributed by atoms with Crippen LogP contribution in [0.25, 0.3) is 0 Å². The molecule has 1 N–H and O–H groups in total. The summed E-state index contributed by atoms with van der Waals surface area (Å²) in [6.07, 6.45) is 0.858. The molecule has 0 amide bonds. The first kappa shape index (κ1) is 10.8. The number of aliphatic hydroxyl groups is 1. The number of isocyanates is 1. The summed E-state index contributed by atoms with van der Waals surface area (Å²) in [5.74, 6) is -0.405. The molecule has 0 aromatic carbocycles. The molecule has 0 aliphatic heterocycles. The van der Waals surface area contributed by atoms with Crippen LogP contribution in [0.2, 0.25) is 0 Å². The monoisotopic (exact) mass is 173 g/mol. The van der Waals surface area contributed by atoms with Gasteiger partial charge in [0.15, 0.2) is 6.23 Å². The highest BCUT2D eigenvalue weighted by Gasteiger charge is 2.05. The maximum Gasteiger partial charge on any atom is 0.305 e. The number of ether oxygens (including phenoxy) is 1. The van der Waals surface area contributed by atoms with Crippen LogP contribution in [0, 0.1) is 0 Å². The van der Waals surface area contributed by atoms with Crippen molar-refractivity contribution in [3.05, 3.63) is 0 Å². The Balaban J connectivity index is 3.53. The standard InChI is InChI=1S/C7H11NO4/c1-2-3-7(11)12-4-6(10)8-5-9/h6,10H,2-4H2,1H3. The van der Waals surface area contributed by atoms with Gasteiger partial charge in [0.05, 0.1) is 0 Å². The molecule has 0 aromatic heterocycles. The fourth-order valence-corrected chi connectivity index (χ4v) is 0.542. The summed E-state index contributed by atoms with van der Waals surface area (Å²) < 4.78 is 4.54. The number of nitrogens with zero attached hydrogens (tertiary/aromatic N) is 1. The third kappa shape index (κ3) is 5.58. The second-order valence-electron chi connectivity index (χ2n) is 2.13. The molecule has 5 heteroatoms. The summed E-state index contributed by atoms with van der Waals surface area (Å²) in [6, 6.07) is 0. The molecule has 68 valence electrons. The quantitative estimate of drug-likeness (QED) is 0.360. The van der Waals surface area contributed by atoms with Crippen LogP contribution in [0.1, 0.15) is 19.8 Å². The number of hydrogen-bond acceptors (Lipinski definition) is 5. The Kier molecular flexibility index (Phi) is 5.87. The van der Waals surface area contributed by atoms with Crippen LogP contribution < -0.4 is 0 Å². The van der Waals surface area contributed by atoms with Gasteiger partial charge < -0.3 is 9.84 Å². The van der Waals surface area contributed by atoms with Gasteiger partial charge >= 0.3 is 5.97 Å². The number of aliphatic hydroxyl groups excluding tert-OH is 1. The molecule has 0 bridgehead atoms. The number of aliphatic imine (C=N–C) groups is 1. The summed E-state index contributed by atoms with van der Waals surface area (Å²) >= 11 is 0. The predicted molar refractivity (Wildman–Crippen MR) is 40.0 cm³/mol. The predicted octanol–water partition coefficient (Wildman–Crippen LogP) is -0.0161. The summed E-state index contributed by atoms with van der Waals surface area (Å²) in [4.78, 5) is 23.2. The Bertz CT molecular complexity index is 186. The number of carbonyl (C=O) groups is 1. The van der Waals surface area contributed by atoms with E-state index in [9.17, 15) is 9.59 Å². The Morgan fingerprint density at radius 1 is 1.75 bits per heavy atom. The van der Waals surface area contributed by atoms with E-state index in [1.54, 1.807) is 0 Å². The van der Waals surface area contributed by atoms with Crippen LogP contribution in [-0.2, 0) is 14.3 Å². The third-order valence-electron chi connectivity index (χ3n) is 1.05. The zero-order chi connectivity index (χ0) is 9.40. The fraction of sp³-hybridized carbons (Fsp3) is 0.714. The van der Waals surface area contributed by atoms with Crippen molar-refractivity contribution >= 4 is 12.0 Å². The number of rotatable bonds is 5. The van der Waals surface area contributed by atoms with E-state index < -0.39 is 12.2 Å². The maximum absolute atomic E-state index is 10.7. The van der Waals surface area contributed by atoms with Crippen LogP contribution in [0.3, 0.4) is 0 Å². The summed E-state index contributed by atoms with van der Waals surface area (Å²) in [6.45, 7) is 1.55. The summed E-state index contributed by atoms with van der Waals surface area (Å²) in [5, 5.41) is 8.76. The maximum atomic E-state index is 10.7. The highest BCUT2D eigenvalue weighted by Crippen LogP contribution is 1.93. The van der Waals surface area contributed by atoms with Gasteiger partial charge in [-0.05, 0) is 6.42 Å². The SMILES string of the molecule is CCCC(=O)OCC(O)N=C=O. The largest absolute Gasteiger partial charge is 0.461 e. The summed E-state index contributed by atoms with van der Waals surface area (Å²) in [5.41, 5.74) is 0. The van der Waals surface area contributed by atoms with Crippen molar-refractivity contribution in [1.82, 2.24) is 0 Å². The average molecular weight is 173 g/mol. The minimum atomic E-state index is -1.29. The topological polar surface area (TPSA) is 76.0 Å². The van der Waals surface area contributed by atoms with Gasteiger partial charge in [-0.25, -0.2) is 4.79 Å². The Morgan fingerprint density at radius 3 is 2.92 bits per heavy atom. The van der Waals surface area contributed by atoms with Gasteiger partial charge in [0.2, 0.25) is 6.08 Å². The van der Waals surface area contributed by atoms with Crippen LogP contribution in [0.15, 0.2) is 4.99 Å². The molecule has 0 radical (unpaired) electrons. The molecule has 0 aliphatic rings. The first-order valence-electron chi connectivity index (χ1n) is 3.61. The van der Waals surface area contributed by atoms with Crippen molar-refractivity contribution in [1.29, 1.82) is 0 Å². The van der Waals surface area contributed by atoms with Gasteiger partial charge in [0, 0.05) is 6.42 Å². The molecule has 1 unspecified atom stereocenters. The van der Waals surface area contributed by atoms with Crippen molar-refractivity contribution < 1.29 is 19.4 Å². The average Bonchev–Trinajstić information content (AvgIpc) is 2.02.